The van der Waals surface area contributed by atoms with Gasteiger partial charge in [0.15, 0.2) is 0 Å². The second-order valence-electron chi connectivity index (χ2n) is 10.3. The molecule has 4 aromatic carbocycles. The highest BCUT2D eigenvalue weighted by Crippen LogP contribution is 2.29. The van der Waals surface area contributed by atoms with Crippen molar-refractivity contribution in [2.24, 2.45) is 0 Å². The average molecular weight is 538 g/mol. The van der Waals surface area contributed by atoms with Gasteiger partial charge in [0.2, 0.25) is 0 Å². The average Bonchev–Trinajstić information content (AvgIpc) is 2.96. The lowest BCUT2D eigenvalue weighted by atomic mass is 9.94. The van der Waals surface area contributed by atoms with Crippen LogP contribution in [0.3, 0.4) is 0 Å². The summed E-state index contributed by atoms with van der Waals surface area (Å²) in [4.78, 5) is 14.7. The molecule has 0 aliphatic rings. The van der Waals surface area contributed by atoms with Crippen molar-refractivity contribution in [1.29, 1.82) is 0 Å². The predicted octanol–water partition coefficient (Wildman–Crippen LogP) is 9.66. The number of nitrogens with zero attached hydrogens (tertiary/aromatic N) is 1. The van der Waals surface area contributed by atoms with Crippen LogP contribution >= 0.6 is 11.8 Å². The predicted molar refractivity (Wildman–Crippen MR) is 166 cm³/mol. The van der Waals surface area contributed by atoms with Gasteiger partial charge < -0.3 is 10.0 Å². The van der Waals surface area contributed by atoms with E-state index in [4.69, 9.17) is 0 Å². The maximum atomic E-state index is 11.2. The Kier molecular flexibility index (Phi) is 9.89. The number of rotatable bonds is 12. The number of hydrogen-bond donors (Lipinski definition) is 1. The third-order valence-electron chi connectivity index (χ3n) is 7.36. The van der Waals surface area contributed by atoms with Gasteiger partial charge in [-0.2, -0.15) is 0 Å². The van der Waals surface area contributed by atoms with Crippen LogP contribution in [-0.4, -0.2) is 17.1 Å². The van der Waals surface area contributed by atoms with E-state index in [0.29, 0.717) is 17.5 Å². The van der Waals surface area contributed by atoms with Crippen LogP contribution < -0.4 is 4.90 Å². The van der Waals surface area contributed by atoms with Gasteiger partial charge in [0.05, 0.1) is 5.56 Å². The van der Waals surface area contributed by atoms with Crippen LogP contribution in [0.2, 0.25) is 0 Å². The topological polar surface area (TPSA) is 40.5 Å². The molecule has 0 fully saturated rings. The molecule has 0 aromatic heterocycles. The van der Waals surface area contributed by atoms with Crippen molar-refractivity contribution in [3.8, 4) is 11.1 Å². The molecule has 0 saturated heterocycles. The smallest absolute Gasteiger partial charge is 0.335 e. The minimum absolute atomic E-state index is 0.324. The molecular weight excluding hydrogens is 498 g/mol. The minimum atomic E-state index is -0.893. The molecule has 3 nitrogen and oxygen atoms in total. The summed E-state index contributed by atoms with van der Waals surface area (Å²) in [5.74, 6) is 0.537. The lowest BCUT2D eigenvalue weighted by Crippen LogP contribution is -2.30. The number of anilines is 1. The molecule has 0 unspecified atom stereocenters. The summed E-state index contributed by atoms with van der Waals surface area (Å²) in [6.07, 6.45) is 2.36. The van der Waals surface area contributed by atoms with Crippen molar-refractivity contribution in [2.45, 2.75) is 69.7 Å². The van der Waals surface area contributed by atoms with Crippen LogP contribution in [0.25, 0.3) is 11.1 Å². The highest BCUT2D eigenvalue weighted by Gasteiger charge is 2.14. The van der Waals surface area contributed by atoms with E-state index < -0.39 is 5.97 Å². The van der Waals surface area contributed by atoms with Gasteiger partial charge in [-0.25, -0.2) is 4.79 Å². The lowest BCUT2D eigenvalue weighted by Gasteiger charge is -2.30. The molecule has 0 amide bonds. The van der Waals surface area contributed by atoms with Crippen LogP contribution in [0.4, 0.5) is 5.69 Å². The fraction of sp³-hybridized carbons (Fsp3) is 0.286. The van der Waals surface area contributed by atoms with Crippen molar-refractivity contribution < 1.29 is 9.90 Å². The molecule has 0 aliphatic carbocycles. The van der Waals surface area contributed by atoms with E-state index in [1.807, 2.05) is 6.07 Å². The summed E-state index contributed by atoms with van der Waals surface area (Å²) in [6.45, 7) is 9.91. The molecule has 1 N–H and O–H groups in total. The summed E-state index contributed by atoms with van der Waals surface area (Å²) in [6, 6.07) is 34.2. The number of aromatic carboxylic acids is 1. The van der Waals surface area contributed by atoms with E-state index in [1.54, 1.807) is 30.0 Å². The second-order valence-corrected chi connectivity index (χ2v) is 11.4. The fourth-order valence-corrected chi connectivity index (χ4v) is 5.91. The molecule has 202 valence electrons. The SMILES string of the molecule is CCC(CC)c1ccc(N(Cc2cccc(-c3ccc(CSc4cccc(C(=O)O)c4)cc3)c2)C(C)C)cc1. The molecule has 0 heterocycles. The van der Waals surface area contributed by atoms with Crippen LogP contribution in [-0.2, 0) is 12.3 Å². The Labute approximate surface area is 237 Å². The molecule has 4 heteroatoms. The maximum absolute atomic E-state index is 11.2. The number of hydrogen-bond acceptors (Lipinski definition) is 3. The van der Waals surface area contributed by atoms with Crippen molar-refractivity contribution >= 4 is 23.4 Å². The van der Waals surface area contributed by atoms with E-state index in [1.165, 1.54) is 46.3 Å². The number of carboxylic acid groups (broad SMARTS) is 1. The first-order valence-electron chi connectivity index (χ1n) is 13.9. The van der Waals surface area contributed by atoms with E-state index in [9.17, 15) is 9.90 Å². The Bertz CT molecular complexity index is 1360. The fourth-order valence-electron chi connectivity index (χ4n) is 4.99. The lowest BCUT2D eigenvalue weighted by molar-refractivity contribution is 0.0696. The van der Waals surface area contributed by atoms with Crippen LogP contribution in [0.5, 0.6) is 0 Å². The molecule has 4 rings (SSSR count). The summed E-state index contributed by atoms with van der Waals surface area (Å²) in [5, 5.41) is 9.22. The largest absolute Gasteiger partial charge is 0.478 e. The molecule has 0 atom stereocenters. The van der Waals surface area contributed by atoms with Crippen molar-refractivity contribution in [3.05, 3.63) is 119 Å². The maximum Gasteiger partial charge on any atom is 0.335 e. The van der Waals surface area contributed by atoms with Gasteiger partial charge in [-0.05, 0) is 96.8 Å². The molecule has 0 aliphatic heterocycles. The summed E-state index contributed by atoms with van der Waals surface area (Å²) >= 11 is 1.65. The van der Waals surface area contributed by atoms with Crippen molar-refractivity contribution in [3.63, 3.8) is 0 Å². The summed E-state index contributed by atoms with van der Waals surface area (Å²) < 4.78 is 0. The van der Waals surface area contributed by atoms with Gasteiger partial charge in [-0.3, -0.25) is 0 Å². The second kappa shape index (κ2) is 13.5. The third kappa shape index (κ3) is 7.54. The van der Waals surface area contributed by atoms with Gasteiger partial charge in [0.1, 0.15) is 0 Å². The molecule has 0 radical (unpaired) electrons. The Morgan fingerprint density at radius 1 is 0.795 bits per heavy atom. The van der Waals surface area contributed by atoms with Crippen molar-refractivity contribution in [2.75, 3.05) is 4.90 Å². The van der Waals surface area contributed by atoms with Crippen LogP contribution in [0.1, 0.15) is 73.5 Å². The van der Waals surface area contributed by atoms with Gasteiger partial charge >= 0.3 is 5.97 Å². The highest BCUT2D eigenvalue weighted by atomic mass is 32.2. The normalized spacial score (nSPS) is 11.2. The molecule has 0 bridgehead atoms. The Hall–Kier alpha value is -3.50. The minimum Gasteiger partial charge on any atom is -0.478 e. The molecule has 39 heavy (non-hydrogen) atoms. The number of benzene rings is 4. The standard InChI is InChI=1S/C35H39NO2S/c1-5-28(6-2)29-17-19-33(20-18-29)36(25(3)4)23-27-9-7-10-31(21-27)30-15-13-26(14-16-30)24-39-34-12-8-11-32(22-34)35(37)38/h7-22,25,28H,5-6,23-24H2,1-4H3,(H,37,38). The quantitative estimate of drug-likeness (QED) is 0.183. The van der Waals surface area contributed by atoms with Gasteiger partial charge in [0.25, 0.3) is 0 Å². The first-order chi connectivity index (χ1) is 18.9. The van der Waals surface area contributed by atoms with Crippen LogP contribution in [0.15, 0.2) is 102 Å². The highest BCUT2D eigenvalue weighted by molar-refractivity contribution is 7.98. The zero-order valence-corrected chi connectivity index (χ0v) is 24.2. The van der Waals surface area contributed by atoms with Gasteiger partial charge in [-0.1, -0.05) is 74.5 Å². The van der Waals surface area contributed by atoms with Gasteiger partial charge in [0, 0.05) is 28.9 Å². The Morgan fingerprint density at radius 3 is 2.13 bits per heavy atom. The van der Waals surface area contributed by atoms with E-state index >= 15 is 0 Å². The molecule has 0 saturated carbocycles. The number of carbonyl (C=O) groups is 1. The number of carboxylic acids is 1. The Balaban J connectivity index is 1.44. The first kappa shape index (κ1) is 28.5. The zero-order valence-electron chi connectivity index (χ0n) is 23.4. The summed E-state index contributed by atoms with van der Waals surface area (Å²) in [7, 11) is 0. The molecule has 0 spiro atoms. The first-order valence-corrected chi connectivity index (χ1v) is 14.9. The third-order valence-corrected chi connectivity index (χ3v) is 8.42. The van der Waals surface area contributed by atoms with Gasteiger partial charge in [-0.15, -0.1) is 11.8 Å². The van der Waals surface area contributed by atoms with Crippen molar-refractivity contribution in [1.82, 2.24) is 0 Å². The summed E-state index contributed by atoms with van der Waals surface area (Å²) in [5.41, 5.74) is 7.94. The molecular formula is C35H39NO2S. The van der Waals surface area contributed by atoms with E-state index in [0.717, 1.165) is 17.2 Å². The molecule has 4 aromatic rings. The van der Waals surface area contributed by atoms with Crippen LogP contribution in [0, 0.1) is 0 Å². The zero-order chi connectivity index (χ0) is 27.8. The van der Waals surface area contributed by atoms with E-state index in [2.05, 4.69) is 105 Å². The van der Waals surface area contributed by atoms with E-state index in [-0.39, 0.29) is 0 Å². The number of thioether (sulfide) groups is 1. The Morgan fingerprint density at radius 2 is 1.49 bits per heavy atom. The monoisotopic (exact) mass is 537 g/mol.